The number of hydrogen-bond donors (Lipinski definition) is 1. The molecule has 1 saturated carbocycles. The normalized spacial score (nSPS) is 25.9. The Balaban J connectivity index is 1.78. The fourth-order valence-corrected chi connectivity index (χ4v) is 3.20. The van der Waals surface area contributed by atoms with Gasteiger partial charge in [0.2, 0.25) is 0 Å². The lowest BCUT2D eigenvalue weighted by molar-refractivity contribution is 0.235. The summed E-state index contributed by atoms with van der Waals surface area (Å²) in [4.78, 5) is 2.44. The number of hydrogen-bond acceptors (Lipinski definition) is 2. The molecule has 2 heteroatoms. The lowest BCUT2D eigenvalue weighted by Crippen LogP contribution is -2.41. The molecule has 106 valence electrons. The van der Waals surface area contributed by atoms with E-state index in [9.17, 15) is 0 Å². The van der Waals surface area contributed by atoms with E-state index in [0.29, 0.717) is 17.4 Å². The third-order valence-electron chi connectivity index (χ3n) is 4.74. The van der Waals surface area contributed by atoms with E-state index in [1.54, 1.807) is 0 Å². The Bertz CT molecular complexity index is 386. The summed E-state index contributed by atoms with van der Waals surface area (Å²) in [5, 5.41) is 0. The molecule has 2 rings (SSSR count). The van der Waals surface area contributed by atoms with Crippen LogP contribution in [-0.2, 0) is 6.42 Å². The van der Waals surface area contributed by atoms with Crippen LogP contribution < -0.4 is 5.73 Å². The highest BCUT2D eigenvalue weighted by Gasteiger charge is 2.39. The Hall–Kier alpha value is -0.860. The molecule has 0 radical (unpaired) electrons. The predicted octanol–water partition coefficient (Wildman–Crippen LogP) is 2.92. The smallest absolute Gasteiger partial charge is 0.0131 e. The number of nitrogens with two attached hydrogens (primary N) is 1. The molecular formula is C17H28N2. The number of nitrogens with zero attached hydrogens (tertiary/aromatic N) is 1. The van der Waals surface area contributed by atoms with Crippen molar-refractivity contribution >= 4 is 0 Å². The highest BCUT2D eigenvalue weighted by Crippen LogP contribution is 2.40. The molecule has 1 aliphatic carbocycles. The third-order valence-corrected chi connectivity index (χ3v) is 4.74. The Morgan fingerprint density at radius 3 is 2.53 bits per heavy atom. The van der Waals surface area contributed by atoms with Crippen molar-refractivity contribution in [2.75, 3.05) is 20.1 Å². The van der Waals surface area contributed by atoms with Crippen molar-refractivity contribution < 1.29 is 0 Å². The van der Waals surface area contributed by atoms with Gasteiger partial charge in [-0.1, -0.05) is 44.2 Å². The average Bonchev–Trinajstić information content (AvgIpc) is 2.65. The van der Waals surface area contributed by atoms with Crippen LogP contribution in [-0.4, -0.2) is 31.1 Å². The summed E-state index contributed by atoms with van der Waals surface area (Å²) in [6.45, 7) is 6.87. The lowest BCUT2D eigenvalue weighted by atomic mass is 9.85. The highest BCUT2D eigenvalue weighted by molar-refractivity contribution is 5.14. The molecule has 1 aromatic rings. The second-order valence-corrected chi connectivity index (χ2v) is 6.81. The van der Waals surface area contributed by atoms with Gasteiger partial charge in [0, 0.05) is 19.1 Å². The van der Waals surface area contributed by atoms with Gasteiger partial charge in [0.05, 0.1) is 0 Å². The molecule has 0 heterocycles. The quantitative estimate of drug-likeness (QED) is 0.882. The molecule has 0 spiro atoms. The first-order valence-electron chi connectivity index (χ1n) is 7.47. The molecule has 1 aromatic carbocycles. The molecule has 1 fully saturated rings. The van der Waals surface area contributed by atoms with Gasteiger partial charge in [-0.3, -0.25) is 0 Å². The van der Waals surface area contributed by atoms with Gasteiger partial charge in [-0.05, 0) is 43.2 Å². The van der Waals surface area contributed by atoms with Gasteiger partial charge in [-0.15, -0.1) is 0 Å². The van der Waals surface area contributed by atoms with E-state index in [1.807, 2.05) is 0 Å². The largest absolute Gasteiger partial charge is 0.327 e. The van der Waals surface area contributed by atoms with E-state index in [2.05, 4.69) is 56.1 Å². The van der Waals surface area contributed by atoms with Gasteiger partial charge < -0.3 is 10.6 Å². The second-order valence-electron chi connectivity index (χ2n) is 6.81. The van der Waals surface area contributed by atoms with E-state index < -0.39 is 0 Å². The topological polar surface area (TPSA) is 29.3 Å². The molecule has 2 atom stereocenters. The standard InChI is InChI=1S/C17H28N2/c1-17(2)11-9-15(16(17)18)13-19(3)12-10-14-7-5-4-6-8-14/h4-8,15-16H,9-13,18H2,1-3H3. The van der Waals surface area contributed by atoms with E-state index in [4.69, 9.17) is 5.73 Å². The van der Waals surface area contributed by atoms with Crippen molar-refractivity contribution in [2.45, 2.75) is 39.2 Å². The summed E-state index contributed by atoms with van der Waals surface area (Å²) < 4.78 is 0. The summed E-state index contributed by atoms with van der Waals surface area (Å²) in [5.74, 6) is 0.663. The molecule has 0 aliphatic heterocycles. The van der Waals surface area contributed by atoms with Gasteiger partial charge in [0.15, 0.2) is 0 Å². The monoisotopic (exact) mass is 260 g/mol. The number of benzene rings is 1. The zero-order valence-electron chi connectivity index (χ0n) is 12.6. The van der Waals surface area contributed by atoms with Crippen molar-refractivity contribution in [3.63, 3.8) is 0 Å². The maximum atomic E-state index is 6.39. The molecular weight excluding hydrogens is 232 g/mol. The van der Waals surface area contributed by atoms with Crippen LogP contribution >= 0.6 is 0 Å². The first-order valence-corrected chi connectivity index (χ1v) is 7.47. The lowest BCUT2D eigenvalue weighted by Gasteiger charge is -2.29. The van der Waals surface area contributed by atoms with Crippen molar-refractivity contribution in [2.24, 2.45) is 17.1 Å². The van der Waals surface area contributed by atoms with Crippen molar-refractivity contribution in [1.82, 2.24) is 4.90 Å². The summed E-state index contributed by atoms with van der Waals surface area (Å²) >= 11 is 0. The van der Waals surface area contributed by atoms with E-state index in [-0.39, 0.29) is 0 Å². The zero-order chi connectivity index (χ0) is 13.9. The fraction of sp³-hybridized carbons (Fsp3) is 0.647. The minimum absolute atomic E-state index is 0.324. The van der Waals surface area contributed by atoms with Crippen LogP contribution in [0, 0.1) is 11.3 Å². The fourth-order valence-electron chi connectivity index (χ4n) is 3.20. The van der Waals surface area contributed by atoms with Crippen LogP contribution in [0.4, 0.5) is 0 Å². The zero-order valence-corrected chi connectivity index (χ0v) is 12.6. The molecule has 0 amide bonds. The second kappa shape index (κ2) is 6.06. The first kappa shape index (κ1) is 14.5. The summed E-state index contributed by atoms with van der Waals surface area (Å²) in [6.07, 6.45) is 3.68. The van der Waals surface area contributed by atoms with E-state index in [0.717, 1.165) is 19.5 Å². The van der Waals surface area contributed by atoms with Gasteiger partial charge in [0.1, 0.15) is 0 Å². The van der Waals surface area contributed by atoms with Crippen LogP contribution in [0.2, 0.25) is 0 Å². The third kappa shape index (κ3) is 3.80. The predicted molar refractivity (Wildman–Crippen MR) is 82.1 cm³/mol. The molecule has 19 heavy (non-hydrogen) atoms. The molecule has 0 aromatic heterocycles. The van der Waals surface area contributed by atoms with Crippen LogP contribution in [0.3, 0.4) is 0 Å². The molecule has 2 nitrogen and oxygen atoms in total. The van der Waals surface area contributed by atoms with Gasteiger partial charge >= 0.3 is 0 Å². The van der Waals surface area contributed by atoms with E-state index in [1.165, 1.54) is 18.4 Å². The van der Waals surface area contributed by atoms with E-state index >= 15 is 0 Å². The summed E-state index contributed by atoms with van der Waals surface area (Å²) in [7, 11) is 2.22. The van der Waals surface area contributed by atoms with Gasteiger partial charge in [-0.2, -0.15) is 0 Å². The van der Waals surface area contributed by atoms with Crippen LogP contribution in [0.25, 0.3) is 0 Å². The van der Waals surface area contributed by atoms with Crippen LogP contribution in [0.5, 0.6) is 0 Å². The van der Waals surface area contributed by atoms with Gasteiger partial charge in [-0.25, -0.2) is 0 Å². The average molecular weight is 260 g/mol. The SMILES string of the molecule is CN(CCc1ccccc1)CC1CCC(C)(C)C1N. The Morgan fingerprint density at radius 2 is 1.95 bits per heavy atom. The maximum absolute atomic E-state index is 6.39. The minimum atomic E-state index is 0.324. The summed E-state index contributed by atoms with van der Waals surface area (Å²) in [6, 6.07) is 11.1. The molecule has 2 N–H and O–H groups in total. The summed E-state index contributed by atoms with van der Waals surface area (Å²) in [5.41, 5.74) is 8.13. The number of likely N-dealkylation sites (N-methyl/N-ethyl adjacent to an activating group) is 1. The van der Waals surface area contributed by atoms with Crippen LogP contribution in [0.1, 0.15) is 32.3 Å². The molecule has 0 saturated heterocycles. The molecule has 0 bridgehead atoms. The van der Waals surface area contributed by atoms with Crippen LogP contribution in [0.15, 0.2) is 30.3 Å². The number of rotatable bonds is 5. The minimum Gasteiger partial charge on any atom is -0.327 e. The van der Waals surface area contributed by atoms with Gasteiger partial charge in [0.25, 0.3) is 0 Å². The Labute approximate surface area is 118 Å². The van der Waals surface area contributed by atoms with Crippen molar-refractivity contribution in [3.05, 3.63) is 35.9 Å². The Morgan fingerprint density at radius 1 is 1.26 bits per heavy atom. The highest BCUT2D eigenvalue weighted by atomic mass is 15.1. The Kier molecular flexibility index (Phi) is 4.64. The molecule has 2 unspecified atom stereocenters. The van der Waals surface area contributed by atoms with Crippen molar-refractivity contribution in [1.29, 1.82) is 0 Å². The maximum Gasteiger partial charge on any atom is 0.0131 e. The molecule has 1 aliphatic rings. The van der Waals surface area contributed by atoms with Crippen molar-refractivity contribution in [3.8, 4) is 0 Å². The first-order chi connectivity index (χ1) is 8.99.